The van der Waals surface area contributed by atoms with Gasteiger partial charge in [-0.1, -0.05) is 24.3 Å². The van der Waals surface area contributed by atoms with Crippen molar-refractivity contribution in [1.29, 1.82) is 0 Å². The van der Waals surface area contributed by atoms with Gasteiger partial charge in [0.1, 0.15) is 0 Å². The van der Waals surface area contributed by atoms with Gasteiger partial charge in [0.2, 0.25) is 10.0 Å². The molecule has 1 N–H and O–H groups in total. The van der Waals surface area contributed by atoms with Crippen LogP contribution >= 0.6 is 0 Å². The van der Waals surface area contributed by atoms with Crippen LogP contribution in [0.25, 0.3) is 6.08 Å². The number of rotatable bonds is 3. The van der Waals surface area contributed by atoms with Gasteiger partial charge in [0, 0.05) is 0 Å². The third-order valence-corrected chi connectivity index (χ3v) is 3.82. The minimum absolute atomic E-state index is 0.0994. The zero-order valence-corrected chi connectivity index (χ0v) is 10.6. The molecule has 96 valence electrons. The standard InChI is InChI=1S/C12H13NO4S/c1-18(16,17)13-8-9(7-12(14)15)6-10-4-2-3-5-11(10)13/h2-6H,7-8H2,1H3,(H,14,15). The van der Waals surface area contributed by atoms with E-state index in [0.29, 0.717) is 11.3 Å². The SMILES string of the molecule is CS(=O)(=O)N1CC(CC(=O)O)=Cc2ccccc21. The number of carbonyl (C=O) groups is 1. The van der Waals surface area contributed by atoms with E-state index in [9.17, 15) is 13.2 Å². The van der Waals surface area contributed by atoms with Crippen LogP contribution in [0.15, 0.2) is 29.8 Å². The summed E-state index contributed by atoms with van der Waals surface area (Å²) in [7, 11) is -3.41. The molecule has 18 heavy (non-hydrogen) atoms. The Hall–Kier alpha value is -1.82. The lowest BCUT2D eigenvalue weighted by Gasteiger charge is -2.28. The highest BCUT2D eigenvalue weighted by Gasteiger charge is 2.25. The molecule has 0 fully saturated rings. The third kappa shape index (κ3) is 2.53. The number of sulfonamides is 1. The van der Waals surface area contributed by atoms with Crippen LogP contribution in [0.2, 0.25) is 0 Å². The number of fused-ring (bicyclic) bond motifs is 1. The molecule has 0 bridgehead atoms. The topological polar surface area (TPSA) is 74.7 Å². The van der Waals surface area contributed by atoms with Gasteiger partial charge >= 0.3 is 5.97 Å². The van der Waals surface area contributed by atoms with Crippen molar-refractivity contribution in [2.24, 2.45) is 0 Å². The van der Waals surface area contributed by atoms with E-state index in [2.05, 4.69) is 0 Å². The highest BCUT2D eigenvalue weighted by Crippen LogP contribution is 2.31. The van der Waals surface area contributed by atoms with E-state index in [1.54, 1.807) is 30.3 Å². The Bertz CT molecular complexity index is 619. The monoisotopic (exact) mass is 267 g/mol. The van der Waals surface area contributed by atoms with Crippen molar-refractivity contribution >= 4 is 27.8 Å². The minimum atomic E-state index is -3.41. The molecule has 1 aromatic rings. The lowest BCUT2D eigenvalue weighted by Crippen LogP contribution is -2.34. The maximum absolute atomic E-state index is 11.7. The van der Waals surface area contributed by atoms with Crippen LogP contribution in [-0.4, -0.2) is 32.3 Å². The summed E-state index contributed by atoms with van der Waals surface area (Å²) in [5, 5.41) is 8.79. The molecule has 1 heterocycles. The van der Waals surface area contributed by atoms with Gasteiger partial charge in [-0.25, -0.2) is 8.42 Å². The summed E-state index contributed by atoms with van der Waals surface area (Å²) in [5.41, 5.74) is 1.89. The van der Waals surface area contributed by atoms with E-state index in [4.69, 9.17) is 5.11 Å². The minimum Gasteiger partial charge on any atom is -0.481 e. The molecule has 1 aliphatic heterocycles. The predicted molar refractivity (Wildman–Crippen MR) is 68.9 cm³/mol. The Morgan fingerprint density at radius 3 is 2.67 bits per heavy atom. The van der Waals surface area contributed by atoms with Crippen LogP contribution in [0.4, 0.5) is 5.69 Å². The second-order valence-electron chi connectivity index (χ2n) is 4.20. The molecule has 0 spiro atoms. The maximum Gasteiger partial charge on any atom is 0.307 e. The predicted octanol–water partition coefficient (Wildman–Crippen LogP) is 1.32. The fourth-order valence-corrected chi connectivity index (χ4v) is 2.89. The Balaban J connectivity index is 2.49. The van der Waals surface area contributed by atoms with Gasteiger partial charge in [0.15, 0.2) is 0 Å². The van der Waals surface area contributed by atoms with E-state index in [1.165, 1.54) is 4.31 Å². The largest absolute Gasteiger partial charge is 0.481 e. The van der Waals surface area contributed by atoms with E-state index in [1.807, 2.05) is 0 Å². The van der Waals surface area contributed by atoms with Crippen LogP contribution < -0.4 is 4.31 Å². The summed E-state index contributed by atoms with van der Waals surface area (Å²) < 4.78 is 24.7. The van der Waals surface area contributed by atoms with Gasteiger partial charge in [0.05, 0.1) is 24.9 Å². The van der Waals surface area contributed by atoms with E-state index >= 15 is 0 Å². The van der Waals surface area contributed by atoms with Crippen LogP contribution in [0.1, 0.15) is 12.0 Å². The number of carboxylic acid groups (broad SMARTS) is 1. The molecule has 5 nitrogen and oxygen atoms in total. The van der Waals surface area contributed by atoms with Crippen molar-refractivity contribution in [1.82, 2.24) is 0 Å². The number of hydrogen-bond donors (Lipinski definition) is 1. The third-order valence-electron chi connectivity index (χ3n) is 2.69. The molecule has 0 aromatic heterocycles. The van der Waals surface area contributed by atoms with Crippen molar-refractivity contribution in [2.45, 2.75) is 6.42 Å². The lowest BCUT2D eigenvalue weighted by molar-refractivity contribution is -0.136. The number of nitrogens with zero attached hydrogens (tertiary/aromatic N) is 1. The molecule has 0 unspecified atom stereocenters. The Labute approximate surface area is 105 Å². The first-order chi connectivity index (χ1) is 8.38. The van der Waals surface area contributed by atoms with Crippen molar-refractivity contribution in [3.05, 3.63) is 35.4 Å². The van der Waals surface area contributed by atoms with Crippen LogP contribution in [-0.2, 0) is 14.8 Å². The number of benzene rings is 1. The van der Waals surface area contributed by atoms with Crippen LogP contribution in [0, 0.1) is 0 Å². The van der Waals surface area contributed by atoms with E-state index in [-0.39, 0.29) is 13.0 Å². The number of aliphatic carboxylic acids is 1. The van der Waals surface area contributed by atoms with Crippen LogP contribution in [0.5, 0.6) is 0 Å². The molecule has 1 aliphatic rings. The zero-order chi connectivity index (χ0) is 13.3. The fourth-order valence-electron chi connectivity index (χ4n) is 1.97. The normalized spacial score (nSPS) is 14.9. The summed E-state index contributed by atoms with van der Waals surface area (Å²) in [6.07, 6.45) is 2.71. The summed E-state index contributed by atoms with van der Waals surface area (Å²) >= 11 is 0. The Kier molecular flexibility index (Phi) is 3.13. The first-order valence-electron chi connectivity index (χ1n) is 5.36. The Morgan fingerprint density at radius 1 is 1.39 bits per heavy atom. The quantitative estimate of drug-likeness (QED) is 0.896. The first kappa shape index (κ1) is 12.6. The number of hydrogen-bond acceptors (Lipinski definition) is 3. The van der Waals surface area contributed by atoms with Gasteiger partial charge in [-0.05, 0) is 17.2 Å². The average molecular weight is 267 g/mol. The molecule has 0 saturated carbocycles. The van der Waals surface area contributed by atoms with Crippen molar-refractivity contribution in [3.8, 4) is 0 Å². The van der Waals surface area contributed by atoms with E-state index in [0.717, 1.165) is 11.8 Å². The molecule has 0 atom stereocenters. The van der Waals surface area contributed by atoms with Gasteiger partial charge in [-0.3, -0.25) is 9.10 Å². The molecule has 0 amide bonds. The van der Waals surface area contributed by atoms with Crippen LogP contribution in [0.3, 0.4) is 0 Å². The second kappa shape index (κ2) is 4.45. The molecule has 2 rings (SSSR count). The molecule has 1 aromatic carbocycles. The van der Waals surface area contributed by atoms with Crippen molar-refractivity contribution < 1.29 is 18.3 Å². The molecule has 0 saturated heterocycles. The summed E-state index contributed by atoms with van der Waals surface area (Å²) in [6.45, 7) is 0.0994. The number of para-hydroxylation sites is 1. The summed E-state index contributed by atoms with van der Waals surface area (Å²) in [6, 6.07) is 7.03. The second-order valence-corrected chi connectivity index (χ2v) is 6.11. The van der Waals surface area contributed by atoms with Crippen molar-refractivity contribution in [3.63, 3.8) is 0 Å². The maximum atomic E-state index is 11.7. The van der Waals surface area contributed by atoms with Gasteiger partial charge in [-0.15, -0.1) is 0 Å². The number of carboxylic acids is 1. The molecular formula is C12H13NO4S. The zero-order valence-electron chi connectivity index (χ0n) is 9.83. The van der Waals surface area contributed by atoms with Gasteiger partial charge in [-0.2, -0.15) is 0 Å². The highest BCUT2D eigenvalue weighted by molar-refractivity contribution is 7.92. The lowest BCUT2D eigenvalue weighted by atomic mass is 10.0. The summed E-state index contributed by atoms with van der Waals surface area (Å²) in [4.78, 5) is 10.7. The molecule has 6 heteroatoms. The van der Waals surface area contributed by atoms with E-state index < -0.39 is 16.0 Å². The molecular weight excluding hydrogens is 254 g/mol. The molecule has 0 radical (unpaired) electrons. The highest BCUT2D eigenvalue weighted by atomic mass is 32.2. The number of anilines is 1. The van der Waals surface area contributed by atoms with Gasteiger partial charge in [0.25, 0.3) is 0 Å². The first-order valence-corrected chi connectivity index (χ1v) is 7.21. The molecule has 0 aliphatic carbocycles. The average Bonchev–Trinajstić information content (AvgIpc) is 2.25. The van der Waals surface area contributed by atoms with Gasteiger partial charge < -0.3 is 5.11 Å². The smallest absolute Gasteiger partial charge is 0.307 e. The fraction of sp³-hybridized carbons (Fsp3) is 0.250. The summed E-state index contributed by atoms with van der Waals surface area (Å²) in [5.74, 6) is -0.964. The Morgan fingerprint density at radius 2 is 2.06 bits per heavy atom. The van der Waals surface area contributed by atoms with Crippen molar-refractivity contribution in [2.75, 3.05) is 17.1 Å².